The van der Waals surface area contributed by atoms with E-state index in [9.17, 15) is 13.2 Å². The molecule has 0 spiro atoms. The third-order valence-corrected chi connectivity index (χ3v) is 4.04. The molecule has 0 radical (unpaired) electrons. The van der Waals surface area contributed by atoms with Crippen LogP contribution in [-0.4, -0.2) is 25.6 Å². The van der Waals surface area contributed by atoms with E-state index in [4.69, 9.17) is 10.7 Å². The standard InChI is InChI=1S/C7H10ClNO3S/c8-13(11,12)4-7-2-1-5(3-7)6(10)9-7/h5H,1-4H2,(H,9,10). The molecular formula is C7H10ClNO3S. The highest BCUT2D eigenvalue weighted by atomic mass is 35.7. The Bertz CT molecular complexity index is 353. The van der Waals surface area contributed by atoms with E-state index >= 15 is 0 Å². The first-order valence-electron chi connectivity index (χ1n) is 4.15. The fourth-order valence-electron chi connectivity index (χ4n) is 2.32. The molecule has 1 N–H and O–H groups in total. The van der Waals surface area contributed by atoms with Crippen LogP contribution in [0.25, 0.3) is 0 Å². The summed E-state index contributed by atoms with van der Waals surface area (Å²) >= 11 is 0. The summed E-state index contributed by atoms with van der Waals surface area (Å²) in [7, 11) is 1.65. The van der Waals surface area contributed by atoms with Crippen molar-refractivity contribution < 1.29 is 13.2 Å². The highest BCUT2D eigenvalue weighted by Crippen LogP contribution is 2.41. The Kier molecular flexibility index (Phi) is 1.86. The third-order valence-electron chi connectivity index (χ3n) is 2.82. The zero-order valence-electron chi connectivity index (χ0n) is 6.92. The molecule has 74 valence electrons. The van der Waals surface area contributed by atoms with Crippen LogP contribution in [0, 0.1) is 5.92 Å². The first kappa shape index (κ1) is 9.27. The van der Waals surface area contributed by atoms with Gasteiger partial charge in [0.25, 0.3) is 0 Å². The van der Waals surface area contributed by atoms with Crippen LogP contribution in [-0.2, 0) is 13.8 Å². The summed E-state index contributed by atoms with van der Waals surface area (Å²) < 4.78 is 21.8. The van der Waals surface area contributed by atoms with Gasteiger partial charge in [0.15, 0.2) is 0 Å². The molecule has 0 aromatic rings. The maximum Gasteiger partial charge on any atom is 0.234 e. The molecule has 2 atom stereocenters. The summed E-state index contributed by atoms with van der Waals surface area (Å²) in [6.07, 6.45) is 2.14. The first-order chi connectivity index (χ1) is 5.90. The number of amides is 1. The van der Waals surface area contributed by atoms with Crippen molar-refractivity contribution in [2.75, 3.05) is 5.75 Å². The lowest BCUT2D eigenvalue weighted by Gasteiger charge is -2.25. The highest BCUT2D eigenvalue weighted by Gasteiger charge is 2.51. The molecule has 4 nitrogen and oxygen atoms in total. The van der Waals surface area contributed by atoms with Gasteiger partial charge in [-0.15, -0.1) is 0 Å². The normalized spacial score (nSPS) is 37.9. The van der Waals surface area contributed by atoms with Crippen molar-refractivity contribution in [1.82, 2.24) is 5.32 Å². The summed E-state index contributed by atoms with van der Waals surface area (Å²) in [5.41, 5.74) is -0.553. The van der Waals surface area contributed by atoms with Gasteiger partial charge in [-0.2, -0.15) is 0 Å². The van der Waals surface area contributed by atoms with Crippen molar-refractivity contribution in [3.63, 3.8) is 0 Å². The van der Waals surface area contributed by atoms with Gasteiger partial charge >= 0.3 is 0 Å². The average Bonchev–Trinajstić information content (AvgIpc) is 2.38. The molecule has 1 aliphatic heterocycles. The van der Waals surface area contributed by atoms with Gasteiger partial charge in [0.05, 0.1) is 11.3 Å². The summed E-state index contributed by atoms with van der Waals surface area (Å²) in [5.74, 6) is -0.144. The van der Waals surface area contributed by atoms with Crippen molar-refractivity contribution in [3.05, 3.63) is 0 Å². The molecule has 6 heteroatoms. The van der Waals surface area contributed by atoms with E-state index in [2.05, 4.69) is 5.32 Å². The molecule has 0 aromatic carbocycles. The van der Waals surface area contributed by atoms with E-state index in [0.717, 1.165) is 12.8 Å². The molecule has 13 heavy (non-hydrogen) atoms. The molecule has 1 aliphatic carbocycles. The van der Waals surface area contributed by atoms with E-state index in [1.807, 2.05) is 0 Å². The number of hydrogen-bond donors (Lipinski definition) is 1. The lowest BCUT2D eigenvalue weighted by Crippen LogP contribution is -2.47. The van der Waals surface area contributed by atoms with Crippen LogP contribution in [0.15, 0.2) is 0 Å². The number of carbonyl (C=O) groups excluding carboxylic acids is 1. The average molecular weight is 224 g/mol. The molecule has 2 bridgehead atoms. The minimum absolute atomic E-state index is 0.0124. The second-order valence-corrected chi connectivity index (χ2v) is 6.67. The van der Waals surface area contributed by atoms with Crippen molar-refractivity contribution in [2.24, 2.45) is 5.92 Å². The monoisotopic (exact) mass is 223 g/mol. The number of piperidine rings is 1. The van der Waals surface area contributed by atoms with E-state index in [0.29, 0.717) is 6.42 Å². The molecular weight excluding hydrogens is 214 g/mol. The van der Waals surface area contributed by atoms with Crippen LogP contribution in [0.4, 0.5) is 0 Å². The largest absolute Gasteiger partial charge is 0.349 e. The Morgan fingerprint density at radius 1 is 1.62 bits per heavy atom. The fourth-order valence-corrected chi connectivity index (χ4v) is 3.95. The Hall–Kier alpha value is -0.290. The molecule has 2 rings (SSSR count). The van der Waals surface area contributed by atoms with Crippen LogP contribution in [0.2, 0.25) is 0 Å². The molecule has 1 heterocycles. The SMILES string of the molecule is O=C1NC2(CS(=O)(=O)Cl)CCC1C2. The summed E-state index contributed by atoms with van der Waals surface area (Å²) in [5, 5.41) is 2.72. The van der Waals surface area contributed by atoms with E-state index in [1.165, 1.54) is 0 Å². The minimum atomic E-state index is -3.52. The Labute approximate surface area is 81.1 Å². The lowest BCUT2D eigenvalue weighted by molar-refractivity contribution is -0.124. The number of halogens is 1. The third kappa shape index (κ3) is 1.67. The van der Waals surface area contributed by atoms with Gasteiger partial charge in [-0.3, -0.25) is 4.79 Å². The molecule has 2 fully saturated rings. The number of rotatable bonds is 2. The molecule has 2 aliphatic rings. The van der Waals surface area contributed by atoms with Gasteiger partial charge in [0.2, 0.25) is 15.0 Å². The van der Waals surface area contributed by atoms with Gasteiger partial charge < -0.3 is 5.32 Å². The van der Waals surface area contributed by atoms with Crippen LogP contribution in [0.5, 0.6) is 0 Å². The van der Waals surface area contributed by atoms with Crippen molar-refractivity contribution in [1.29, 1.82) is 0 Å². The number of carbonyl (C=O) groups is 1. The van der Waals surface area contributed by atoms with Crippen molar-refractivity contribution >= 4 is 25.6 Å². The fraction of sp³-hybridized carbons (Fsp3) is 0.857. The summed E-state index contributed by atoms with van der Waals surface area (Å²) in [6, 6.07) is 0. The summed E-state index contributed by atoms with van der Waals surface area (Å²) in [6.45, 7) is 0. The van der Waals surface area contributed by atoms with Crippen LogP contribution < -0.4 is 5.32 Å². The smallest absolute Gasteiger partial charge is 0.234 e. The van der Waals surface area contributed by atoms with Crippen LogP contribution >= 0.6 is 10.7 Å². The number of nitrogens with one attached hydrogen (secondary N) is 1. The van der Waals surface area contributed by atoms with E-state index in [-0.39, 0.29) is 17.6 Å². The molecule has 1 amide bonds. The molecule has 1 saturated carbocycles. The van der Waals surface area contributed by atoms with Gasteiger partial charge in [0, 0.05) is 16.6 Å². The zero-order valence-corrected chi connectivity index (χ0v) is 8.49. The second kappa shape index (κ2) is 2.60. The van der Waals surface area contributed by atoms with Crippen LogP contribution in [0.1, 0.15) is 19.3 Å². The van der Waals surface area contributed by atoms with Gasteiger partial charge in [0.1, 0.15) is 0 Å². The molecule has 0 aromatic heterocycles. The van der Waals surface area contributed by atoms with Crippen molar-refractivity contribution in [2.45, 2.75) is 24.8 Å². The Balaban J connectivity index is 2.19. The van der Waals surface area contributed by atoms with Gasteiger partial charge in [-0.05, 0) is 19.3 Å². The minimum Gasteiger partial charge on any atom is -0.349 e. The number of hydrogen-bond acceptors (Lipinski definition) is 3. The van der Waals surface area contributed by atoms with Crippen molar-refractivity contribution in [3.8, 4) is 0 Å². The van der Waals surface area contributed by atoms with Gasteiger partial charge in [-0.25, -0.2) is 8.42 Å². The summed E-state index contributed by atoms with van der Waals surface area (Å²) in [4.78, 5) is 11.2. The Morgan fingerprint density at radius 2 is 2.31 bits per heavy atom. The molecule has 1 saturated heterocycles. The second-order valence-electron chi connectivity index (χ2n) is 3.89. The Morgan fingerprint density at radius 3 is 2.69 bits per heavy atom. The van der Waals surface area contributed by atoms with Gasteiger partial charge in [-0.1, -0.05) is 0 Å². The number of fused-ring (bicyclic) bond motifs is 2. The maximum atomic E-state index is 11.2. The first-order valence-corrected chi connectivity index (χ1v) is 6.62. The lowest BCUT2D eigenvalue weighted by atomic mass is 10.0. The predicted octanol–water partition coefficient (Wildman–Crippen LogP) is 0.224. The van der Waals surface area contributed by atoms with E-state index in [1.54, 1.807) is 0 Å². The quantitative estimate of drug-likeness (QED) is 0.682. The maximum absolute atomic E-state index is 11.2. The molecule has 2 unspecified atom stereocenters. The van der Waals surface area contributed by atoms with Crippen LogP contribution in [0.3, 0.4) is 0 Å². The highest BCUT2D eigenvalue weighted by molar-refractivity contribution is 8.13. The van der Waals surface area contributed by atoms with E-state index < -0.39 is 14.6 Å². The zero-order chi connectivity index (χ0) is 9.69. The topological polar surface area (TPSA) is 63.2 Å². The predicted molar refractivity (Wildman–Crippen MR) is 47.9 cm³/mol.